The Morgan fingerprint density at radius 1 is 0.828 bits per heavy atom. The maximum Gasteiger partial charge on any atom is 0.409 e. The van der Waals surface area contributed by atoms with Gasteiger partial charge in [0.2, 0.25) is 23.5 Å². The smallest absolute Gasteiger partial charge is 0.409 e. The standard InChI is InChI=1S/C40H64N6O11S/c1-9-13-29(34(48)37(51)41-23-31(47)44-33(38(52)53)27-14-11-10-12-15-27)42-35(49)30(22-25(2)3)43-36(50)32(45-39(54)57-24-26(4)5)28-16-18-46(19-17-28)40(55)56-20-21-58(6,7)8/h10-12,14-15,25-26,28-30,32-33H,9,13,16-24H2,1-8H3,(H,41,51)(H,42,49)(H,43,50)(H,44,47)(H,45,54)(H,52,53)/t29?,30-,32-,33-/m0/s1. The third kappa shape index (κ3) is 17.7. The first kappa shape index (κ1) is 49.3. The van der Waals surface area contributed by atoms with Crippen molar-refractivity contribution in [2.45, 2.75) is 90.9 Å². The maximum absolute atomic E-state index is 14.0. The number of piperidine rings is 1. The summed E-state index contributed by atoms with van der Waals surface area (Å²) in [5.74, 6) is -5.50. The number of benzene rings is 1. The summed E-state index contributed by atoms with van der Waals surface area (Å²) in [5, 5.41) is 22.1. The molecule has 1 aliphatic heterocycles. The lowest BCUT2D eigenvalue weighted by molar-refractivity contribution is -0.142. The lowest BCUT2D eigenvalue weighted by atomic mass is 9.88. The Kier molecular flexibility index (Phi) is 20.5. The van der Waals surface area contributed by atoms with Crippen LogP contribution in [0.1, 0.15) is 78.3 Å². The minimum Gasteiger partial charge on any atom is -0.479 e. The number of hydrogen-bond acceptors (Lipinski definition) is 10. The predicted molar refractivity (Wildman–Crippen MR) is 220 cm³/mol. The molecule has 326 valence electrons. The van der Waals surface area contributed by atoms with Gasteiger partial charge in [0.15, 0.2) is 6.04 Å². The number of carbonyl (C=O) groups is 8. The summed E-state index contributed by atoms with van der Waals surface area (Å²) in [7, 11) is -0.846. The normalized spacial score (nSPS) is 15.6. The van der Waals surface area contributed by atoms with Crippen LogP contribution in [0.4, 0.5) is 9.59 Å². The van der Waals surface area contributed by atoms with Crippen LogP contribution in [0, 0.1) is 17.8 Å². The van der Waals surface area contributed by atoms with E-state index >= 15 is 0 Å². The molecule has 1 aliphatic rings. The lowest BCUT2D eigenvalue weighted by Crippen LogP contribution is -2.59. The van der Waals surface area contributed by atoms with Crippen LogP contribution in [-0.2, 0) is 38.2 Å². The Balaban J connectivity index is 2.15. The molecule has 1 saturated heterocycles. The summed E-state index contributed by atoms with van der Waals surface area (Å²) in [6, 6.07) is 2.95. The minimum absolute atomic E-state index is 0.0354. The molecule has 0 spiro atoms. The zero-order valence-electron chi connectivity index (χ0n) is 35.1. The van der Waals surface area contributed by atoms with Gasteiger partial charge < -0.3 is 46.1 Å². The van der Waals surface area contributed by atoms with Crippen molar-refractivity contribution >= 4 is 57.6 Å². The van der Waals surface area contributed by atoms with Crippen LogP contribution in [0.15, 0.2) is 30.3 Å². The molecule has 58 heavy (non-hydrogen) atoms. The number of carboxylic acid groups (broad SMARTS) is 1. The molecule has 18 heteroatoms. The Morgan fingerprint density at radius 3 is 2.00 bits per heavy atom. The van der Waals surface area contributed by atoms with E-state index in [9.17, 15) is 43.5 Å². The Morgan fingerprint density at radius 2 is 1.45 bits per heavy atom. The van der Waals surface area contributed by atoms with Gasteiger partial charge in [-0.05, 0) is 67.8 Å². The SMILES string of the molecule is CCCC(NC(=O)[C@H](CC(C)C)NC(=O)[C@@H](NC(=O)OCC(C)C)C1CCN(C(=O)OCCS(C)(C)C)CC1)C(=O)C(=O)NCC(=O)N[C@H](C(=O)O)c1ccccc1. The number of carbonyl (C=O) groups excluding carboxylic acids is 7. The average molecular weight is 837 g/mol. The third-order valence-corrected chi connectivity index (χ3v) is 10.6. The van der Waals surface area contributed by atoms with E-state index in [4.69, 9.17) is 9.47 Å². The Bertz CT molecular complexity index is 1560. The molecule has 1 fully saturated rings. The van der Waals surface area contributed by atoms with E-state index in [1.165, 1.54) is 12.1 Å². The third-order valence-electron chi connectivity index (χ3n) is 9.16. The van der Waals surface area contributed by atoms with Crippen LogP contribution in [0.3, 0.4) is 0 Å². The summed E-state index contributed by atoms with van der Waals surface area (Å²) in [6.07, 6.45) is 6.45. The number of alkyl carbamates (subject to hydrolysis) is 1. The van der Waals surface area contributed by atoms with Gasteiger partial charge >= 0.3 is 18.2 Å². The van der Waals surface area contributed by atoms with E-state index < -0.39 is 94.2 Å². The molecule has 0 saturated carbocycles. The monoisotopic (exact) mass is 836 g/mol. The molecule has 0 radical (unpaired) electrons. The first-order valence-corrected chi connectivity index (χ1v) is 22.8. The summed E-state index contributed by atoms with van der Waals surface area (Å²) in [5.41, 5.74) is 0.308. The highest BCUT2D eigenvalue weighted by atomic mass is 32.3. The van der Waals surface area contributed by atoms with Crippen molar-refractivity contribution in [3.8, 4) is 0 Å². The number of ketones is 1. The maximum atomic E-state index is 14.0. The molecule has 17 nitrogen and oxygen atoms in total. The Labute approximate surface area is 343 Å². The van der Waals surface area contributed by atoms with Crippen molar-refractivity contribution in [1.82, 2.24) is 31.5 Å². The molecule has 1 unspecified atom stereocenters. The number of rotatable bonds is 22. The van der Waals surface area contributed by atoms with Gasteiger partial charge in [-0.2, -0.15) is 0 Å². The highest BCUT2D eigenvalue weighted by Crippen LogP contribution is 2.33. The fraction of sp³-hybridized carbons (Fsp3) is 0.650. The quantitative estimate of drug-likeness (QED) is 0.0929. The molecule has 0 aromatic heterocycles. The molecule has 0 aliphatic carbocycles. The van der Waals surface area contributed by atoms with Crippen molar-refractivity contribution in [2.75, 3.05) is 57.4 Å². The minimum atomic E-state index is -1.39. The van der Waals surface area contributed by atoms with Gasteiger partial charge in [-0.25, -0.2) is 24.4 Å². The molecule has 0 bridgehead atoms. The second-order valence-electron chi connectivity index (χ2n) is 16.2. The number of likely N-dealkylation sites (tertiary alicyclic amines) is 1. The van der Waals surface area contributed by atoms with Crippen molar-refractivity contribution < 1.29 is 52.9 Å². The van der Waals surface area contributed by atoms with Gasteiger partial charge in [-0.1, -0.05) is 71.4 Å². The van der Waals surface area contributed by atoms with Crippen molar-refractivity contribution in [1.29, 1.82) is 0 Å². The Hall–Kier alpha value is -4.87. The molecule has 1 heterocycles. The number of ether oxygens (including phenoxy) is 2. The van der Waals surface area contributed by atoms with Crippen LogP contribution < -0.4 is 26.6 Å². The largest absolute Gasteiger partial charge is 0.479 e. The zero-order valence-corrected chi connectivity index (χ0v) is 35.9. The molecule has 6 N–H and O–H groups in total. The van der Waals surface area contributed by atoms with Gasteiger partial charge in [0.1, 0.15) is 18.7 Å². The van der Waals surface area contributed by atoms with Gasteiger partial charge in [0.05, 0.1) is 19.2 Å². The van der Waals surface area contributed by atoms with E-state index in [0.717, 1.165) is 5.75 Å². The number of nitrogens with one attached hydrogen (secondary N) is 5. The van der Waals surface area contributed by atoms with Crippen LogP contribution >= 0.6 is 10.0 Å². The van der Waals surface area contributed by atoms with Crippen molar-refractivity contribution in [3.05, 3.63) is 35.9 Å². The van der Waals surface area contributed by atoms with Gasteiger partial charge in [-0.15, -0.1) is 0 Å². The summed E-state index contributed by atoms with van der Waals surface area (Å²) in [4.78, 5) is 106. The van der Waals surface area contributed by atoms with Crippen molar-refractivity contribution in [3.63, 3.8) is 0 Å². The van der Waals surface area contributed by atoms with Crippen molar-refractivity contribution in [2.24, 2.45) is 17.8 Å². The molecular formula is C40H64N6O11S. The average Bonchev–Trinajstić information content (AvgIpc) is 3.16. The first-order chi connectivity index (χ1) is 27.2. The van der Waals surface area contributed by atoms with Crippen LogP contribution in [0.5, 0.6) is 0 Å². The van der Waals surface area contributed by atoms with Gasteiger partial charge in [-0.3, -0.25) is 24.0 Å². The number of nitrogens with zero attached hydrogens (tertiary/aromatic N) is 1. The second kappa shape index (κ2) is 24.1. The highest BCUT2D eigenvalue weighted by Gasteiger charge is 2.37. The van der Waals surface area contributed by atoms with Crippen LogP contribution in [0.2, 0.25) is 0 Å². The number of Topliss-reactive ketones (excluding diaryl/α,β-unsaturated/α-hetero) is 1. The summed E-state index contributed by atoms with van der Waals surface area (Å²) >= 11 is 0. The number of amides is 6. The molecule has 2 rings (SSSR count). The number of carboxylic acids is 1. The van der Waals surface area contributed by atoms with Crippen LogP contribution in [-0.4, -0.2) is 133 Å². The molecule has 4 atom stereocenters. The second-order valence-corrected chi connectivity index (χ2v) is 20.8. The highest BCUT2D eigenvalue weighted by molar-refractivity contribution is 8.32. The van der Waals surface area contributed by atoms with E-state index in [1.807, 2.05) is 27.7 Å². The first-order valence-electron chi connectivity index (χ1n) is 19.7. The topological polar surface area (TPSA) is 239 Å². The van der Waals surface area contributed by atoms with E-state index in [2.05, 4.69) is 45.4 Å². The fourth-order valence-electron chi connectivity index (χ4n) is 6.04. The molecule has 1 aromatic carbocycles. The molecular weight excluding hydrogens is 773 g/mol. The predicted octanol–water partition coefficient (Wildman–Crippen LogP) is 2.72. The van der Waals surface area contributed by atoms with Gasteiger partial charge in [0.25, 0.3) is 5.91 Å². The summed E-state index contributed by atoms with van der Waals surface area (Å²) < 4.78 is 10.8. The lowest BCUT2D eigenvalue weighted by Gasteiger charge is -2.36. The van der Waals surface area contributed by atoms with Crippen LogP contribution in [0.25, 0.3) is 0 Å². The fourth-order valence-corrected chi connectivity index (χ4v) is 6.62. The molecule has 6 amide bonds. The number of aliphatic carboxylic acids is 1. The van der Waals surface area contributed by atoms with E-state index in [1.54, 1.807) is 30.0 Å². The van der Waals surface area contributed by atoms with Gasteiger partial charge in [0, 0.05) is 18.8 Å². The number of hydrogen-bond donors (Lipinski definition) is 6. The van der Waals surface area contributed by atoms with E-state index in [-0.39, 0.29) is 44.4 Å². The zero-order chi connectivity index (χ0) is 43.6. The summed E-state index contributed by atoms with van der Waals surface area (Å²) in [6.45, 7) is 9.43. The van der Waals surface area contributed by atoms with E-state index in [0.29, 0.717) is 31.4 Å². The molecule has 1 aromatic rings.